The van der Waals surface area contributed by atoms with Crippen molar-refractivity contribution in [2.75, 3.05) is 25.0 Å². The fourth-order valence-corrected chi connectivity index (χ4v) is 3.30. The van der Waals surface area contributed by atoms with Crippen LogP contribution in [-0.2, 0) is 16.1 Å². The van der Waals surface area contributed by atoms with E-state index in [1.54, 1.807) is 0 Å². The van der Waals surface area contributed by atoms with Gasteiger partial charge in [-0.15, -0.1) is 0 Å². The highest BCUT2D eigenvalue weighted by atomic mass is 35.5. The normalized spacial score (nSPS) is 16.8. The summed E-state index contributed by atoms with van der Waals surface area (Å²) in [5.41, 5.74) is 1.55. The zero-order valence-electron chi connectivity index (χ0n) is 14.5. The first kappa shape index (κ1) is 18.8. The van der Waals surface area contributed by atoms with E-state index < -0.39 is 5.82 Å². The van der Waals surface area contributed by atoms with Crippen molar-refractivity contribution >= 4 is 23.2 Å². The monoisotopic (exact) mass is 376 g/mol. The summed E-state index contributed by atoms with van der Waals surface area (Å²) in [6, 6.07) is 13.9. The number of amides is 1. The number of hydrogen-bond acceptors (Lipinski definition) is 3. The molecule has 0 spiro atoms. The maximum atomic E-state index is 13.1. The van der Waals surface area contributed by atoms with Crippen LogP contribution < -0.4 is 5.32 Å². The number of carbonyl (C=O) groups excluding carboxylic acids is 1. The summed E-state index contributed by atoms with van der Waals surface area (Å²) in [5, 5.41) is 2.95. The molecule has 3 rings (SSSR count). The molecule has 1 saturated heterocycles. The number of ether oxygens (including phenoxy) is 1. The average molecular weight is 377 g/mol. The van der Waals surface area contributed by atoms with Crippen LogP contribution in [-0.4, -0.2) is 36.6 Å². The van der Waals surface area contributed by atoms with Crippen molar-refractivity contribution in [2.24, 2.45) is 0 Å². The first-order chi connectivity index (χ1) is 12.6. The third-order valence-electron chi connectivity index (χ3n) is 4.31. The molecule has 0 radical (unpaired) electrons. The second kappa shape index (κ2) is 9.12. The molecule has 1 amide bonds. The van der Waals surface area contributed by atoms with E-state index in [0.717, 1.165) is 25.0 Å². The van der Waals surface area contributed by atoms with Gasteiger partial charge in [-0.2, -0.15) is 0 Å². The van der Waals surface area contributed by atoms with E-state index in [2.05, 4.69) is 10.2 Å². The lowest BCUT2D eigenvalue weighted by Gasteiger charge is -2.25. The lowest BCUT2D eigenvalue weighted by atomic mass is 10.2. The van der Waals surface area contributed by atoms with E-state index in [0.29, 0.717) is 18.8 Å². The highest BCUT2D eigenvalue weighted by molar-refractivity contribution is 6.33. The van der Waals surface area contributed by atoms with Crippen LogP contribution in [0.15, 0.2) is 48.5 Å². The van der Waals surface area contributed by atoms with Gasteiger partial charge in [0.05, 0.1) is 23.4 Å². The number of anilines is 1. The van der Waals surface area contributed by atoms with E-state index in [9.17, 15) is 9.18 Å². The third-order valence-corrected chi connectivity index (χ3v) is 4.62. The van der Waals surface area contributed by atoms with Crippen LogP contribution in [0.2, 0.25) is 5.02 Å². The topological polar surface area (TPSA) is 41.6 Å². The summed E-state index contributed by atoms with van der Waals surface area (Å²) in [6.07, 6.45) is 2.22. The van der Waals surface area contributed by atoms with E-state index in [1.165, 1.54) is 18.2 Å². The summed E-state index contributed by atoms with van der Waals surface area (Å²) in [7, 11) is 0. The second-order valence-electron chi connectivity index (χ2n) is 6.46. The van der Waals surface area contributed by atoms with Crippen molar-refractivity contribution in [1.82, 2.24) is 4.90 Å². The fourth-order valence-electron chi connectivity index (χ4n) is 3.09. The molecular formula is C20H22ClFN2O2. The lowest BCUT2D eigenvalue weighted by molar-refractivity contribution is -0.117. The van der Waals surface area contributed by atoms with Gasteiger partial charge in [-0.3, -0.25) is 9.69 Å². The predicted octanol–water partition coefficient (Wildman–Crippen LogP) is 4.10. The van der Waals surface area contributed by atoms with Crippen molar-refractivity contribution in [2.45, 2.75) is 25.5 Å². The van der Waals surface area contributed by atoms with Crippen molar-refractivity contribution in [3.8, 4) is 0 Å². The van der Waals surface area contributed by atoms with Crippen LogP contribution in [0.25, 0.3) is 0 Å². The molecule has 0 saturated carbocycles. The molecule has 6 heteroatoms. The van der Waals surface area contributed by atoms with E-state index >= 15 is 0 Å². The minimum absolute atomic E-state index is 0.154. The maximum absolute atomic E-state index is 13.1. The number of carbonyl (C=O) groups is 1. The number of hydrogen-bond donors (Lipinski definition) is 1. The SMILES string of the molecule is O=C(CN(Cc1ccccc1)CC1CCCO1)Nc1ccc(F)cc1Cl. The Morgan fingerprint density at radius 1 is 1.27 bits per heavy atom. The summed E-state index contributed by atoms with van der Waals surface area (Å²) < 4.78 is 18.9. The highest BCUT2D eigenvalue weighted by Gasteiger charge is 2.21. The molecule has 1 N–H and O–H groups in total. The molecule has 0 bridgehead atoms. The average Bonchev–Trinajstić information content (AvgIpc) is 3.11. The van der Waals surface area contributed by atoms with Gasteiger partial charge < -0.3 is 10.1 Å². The number of halogens is 2. The van der Waals surface area contributed by atoms with Gasteiger partial charge in [0.15, 0.2) is 0 Å². The molecule has 138 valence electrons. The van der Waals surface area contributed by atoms with Crippen LogP contribution in [0.1, 0.15) is 18.4 Å². The van der Waals surface area contributed by atoms with Crippen molar-refractivity contribution in [3.05, 3.63) is 64.9 Å². The van der Waals surface area contributed by atoms with Crippen molar-refractivity contribution in [3.63, 3.8) is 0 Å². The highest BCUT2D eigenvalue weighted by Crippen LogP contribution is 2.22. The largest absolute Gasteiger partial charge is 0.377 e. The van der Waals surface area contributed by atoms with Gasteiger partial charge in [0, 0.05) is 19.7 Å². The van der Waals surface area contributed by atoms with Gasteiger partial charge in [-0.25, -0.2) is 4.39 Å². The Morgan fingerprint density at radius 3 is 2.77 bits per heavy atom. The summed E-state index contributed by atoms with van der Waals surface area (Å²) in [6.45, 7) is 2.34. The standard InChI is InChI=1S/C20H22ClFN2O2/c21-18-11-16(22)8-9-19(18)23-20(25)14-24(13-17-7-4-10-26-17)12-15-5-2-1-3-6-15/h1-3,5-6,8-9,11,17H,4,7,10,12-14H2,(H,23,25). The molecule has 2 aromatic rings. The first-order valence-corrected chi connectivity index (χ1v) is 9.11. The van der Waals surface area contributed by atoms with Crippen LogP contribution in [0, 0.1) is 5.82 Å². The van der Waals surface area contributed by atoms with Gasteiger partial charge in [0.2, 0.25) is 5.91 Å². The Bertz CT molecular complexity index is 736. The number of benzene rings is 2. The third kappa shape index (κ3) is 5.53. The number of nitrogens with one attached hydrogen (secondary N) is 1. The van der Waals surface area contributed by atoms with Crippen LogP contribution in [0.4, 0.5) is 10.1 Å². The Hall–Kier alpha value is -1.95. The van der Waals surface area contributed by atoms with Crippen LogP contribution in [0.3, 0.4) is 0 Å². The van der Waals surface area contributed by atoms with Crippen molar-refractivity contribution < 1.29 is 13.9 Å². The minimum atomic E-state index is -0.433. The molecule has 2 aromatic carbocycles. The molecule has 4 nitrogen and oxygen atoms in total. The maximum Gasteiger partial charge on any atom is 0.238 e. The fraction of sp³-hybridized carbons (Fsp3) is 0.350. The Kier molecular flexibility index (Phi) is 6.61. The summed E-state index contributed by atoms with van der Waals surface area (Å²) >= 11 is 5.99. The molecule has 1 unspecified atom stereocenters. The summed E-state index contributed by atoms with van der Waals surface area (Å²) in [4.78, 5) is 14.5. The van der Waals surface area contributed by atoms with Gasteiger partial charge in [-0.1, -0.05) is 41.9 Å². The van der Waals surface area contributed by atoms with Gasteiger partial charge in [0.25, 0.3) is 0 Å². The molecule has 26 heavy (non-hydrogen) atoms. The zero-order chi connectivity index (χ0) is 18.4. The van der Waals surface area contributed by atoms with Crippen molar-refractivity contribution in [1.29, 1.82) is 0 Å². The molecule has 1 heterocycles. The van der Waals surface area contributed by atoms with Gasteiger partial charge in [0.1, 0.15) is 5.82 Å². The van der Waals surface area contributed by atoms with Crippen LogP contribution in [0.5, 0.6) is 0 Å². The molecule has 1 atom stereocenters. The Balaban J connectivity index is 1.64. The quantitative estimate of drug-likeness (QED) is 0.791. The Labute approximate surface area is 157 Å². The lowest BCUT2D eigenvalue weighted by Crippen LogP contribution is -2.38. The predicted molar refractivity (Wildman–Crippen MR) is 101 cm³/mol. The molecule has 1 aliphatic heterocycles. The van der Waals surface area contributed by atoms with E-state index in [1.807, 2.05) is 30.3 Å². The molecule has 0 aliphatic carbocycles. The molecule has 0 aromatic heterocycles. The second-order valence-corrected chi connectivity index (χ2v) is 6.87. The molecular weight excluding hydrogens is 355 g/mol. The minimum Gasteiger partial charge on any atom is -0.377 e. The van der Waals surface area contributed by atoms with Crippen LogP contribution >= 0.6 is 11.6 Å². The molecule has 1 aliphatic rings. The summed E-state index contributed by atoms with van der Waals surface area (Å²) in [5.74, 6) is -0.621. The van der Waals surface area contributed by atoms with E-state index in [-0.39, 0.29) is 23.6 Å². The number of rotatable bonds is 7. The van der Waals surface area contributed by atoms with Gasteiger partial charge in [-0.05, 0) is 36.6 Å². The Morgan fingerprint density at radius 2 is 2.08 bits per heavy atom. The van der Waals surface area contributed by atoms with Gasteiger partial charge >= 0.3 is 0 Å². The first-order valence-electron chi connectivity index (χ1n) is 8.73. The number of nitrogens with zero attached hydrogens (tertiary/aromatic N) is 1. The smallest absolute Gasteiger partial charge is 0.238 e. The van der Waals surface area contributed by atoms with E-state index in [4.69, 9.17) is 16.3 Å². The zero-order valence-corrected chi connectivity index (χ0v) is 15.2. The molecule has 1 fully saturated rings.